The second-order valence-corrected chi connectivity index (χ2v) is 9.48. The highest BCUT2D eigenvalue weighted by atomic mass is 16.7. The van der Waals surface area contributed by atoms with E-state index >= 15 is 0 Å². The number of aliphatic hydroxyl groups is 1. The summed E-state index contributed by atoms with van der Waals surface area (Å²) in [4.78, 5) is 24.8. The molecule has 1 saturated heterocycles. The minimum atomic E-state index is -0.840. The van der Waals surface area contributed by atoms with E-state index in [9.17, 15) is 14.7 Å². The van der Waals surface area contributed by atoms with Gasteiger partial charge in [0.05, 0.1) is 18.8 Å². The van der Waals surface area contributed by atoms with Gasteiger partial charge in [-0.1, -0.05) is 54.6 Å². The number of hydrogen-bond donors (Lipinski definition) is 3. The normalized spacial score (nSPS) is 19.5. The number of nitrogens with one attached hydrogen (secondary N) is 1. The highest BCUT2D eigenvalue weighted by Crippen LogP contribution is 2.38. The Hall–Kier alpha value is -3.04. The van der Waals surface area contributed by atoms with Crippen LogP contribution in [0.1, 0.15) is 66.8 Å². The Morgan fingerprint density at radius 1 is 1.03 bits per heavy atom. The quantitative estimate of drug-likeness (QED) is 0.259. The zero-order valence-corrected chi connectivity index (χ0v) is 21.5. The number of carboxylic acids is 1. The van der Waals surface area contributed by atoms with Gasteiger partial charge < -0.3 is 29.9 Å². The van der Waals surface area contributed by atoms with Crippen molar-refractivity contribution in [3.8, 4) is 0 Å². The summed E-state index contributed by atoms with van der Waals surface area (Å²) in [6.07, 6.45) is 3.33. The number of carboxylic acid groups (broad SMARTS) is 1. The van der Waals surface area contributed by atoms with E-state index in [2.05, 4.69) is 16.8 Å². The van der Waals surface area contributed by atoms with Crippen LogP contribution in [0.4, 0.5) is 0 Å². The average molecular weight is 511 g/mol. The monoisotopic (exact) mass is 510 g/mol. The fourth-order valence-electron chi connectivity index (χ4n) is 4.32. The highest BCUT2D eigenvalue weighted by molar-refractivity contribution is 5.75. The van der Waals surface area contributed by atoms with Crippen LogP contribution in [0, 0.1) is 0 Å². The Bertz CT molecular complexity index is 1010. The number of hydrogen-bond acceptors (Lipinski definition) is 6. The van der Waals surface area contributed by atoms with Gasteiger partial charge in [-0.3, -0.25) is 9.59 Å². The van der Waals surface area contributed by atoms with Crippen molar-refractivity contribution in [2.75, 3.05) is 20.1 Å². The summed E-state index contributed by atoms with van der Waals surface area (Å²) in [5.74, 6) is -0.928. The first-order chi connectivity index (χ1) is 17.9. The lowest BCUT2D eigenvalue weighted by Crippen LogP contribution is -2.37. The highest BCUT2D eigenvalue weighted by Gasteiger charge is 2.32. The summed E-state index contributed by atoms with van der Waals surface area (Å²) in [5, 5.41) is 20.9. The number of benzene rings is 2. The molecule has 37 heavy (non-hydrogen) atoms. The molecule has 8 nitrogen and oxygen atoms in total. The lowest BCUT2D eigenvalue weighted by molar-refractivity contribution is -0.252. The lowest BCUT2D eigenvalue weighted by Gasteiger charge is -2.37. The van der Waals surface area contributed by atoms with Gasteiger partial charge in [-0.25, -0.2) is 0 Å². The molecule has 3 atom stereocenters. The first-order valence-corrected chi connectivity index (χ1v) is 12.7. The zero-order valence-electron chi connectivity index (χ0n) is 21.5. The van der Waals surface area contributed by atoms with E-state index in [0.29, 0.717) is 32.2 Å². The van der Waals surface area contributed by atoms with Gasteiger partial charge >= 0.3 is 5.97 Å². The Morgan fingerprint density at radius 2 is 1.68 bits per heavy atom. The molecule has 3 N–H and O–H groups in total. The molecule has 1 fully saturated rings. The Labute approximate surface area is 218 Å². The summed E-state index contributed by atoms with van der Waals surface area (Å²) in [6, 6.07) is 15.6. The van der Waals surface area contributed by atoms with Crippen LogP contribution in [0.2, 0.25) is 0 Å². The van der Waals surface area contributed by atoms with Gasteiger partial charge in [0.25, 0.3) is 0 Å². The number of aliphatic hydroxyl groups excluding tert-OH is 1. The fourth-order valence-corrected chi connectivity index (χ4v) is 4.32. The summed E-state index contributed by atoms with van der Waals surface area (Å²) in [5.41, 5.74) is 3.76. The molecule has 1 aliphatic heterocycles. The molecule has 0 radical (unpaired) electrons. The van der Waals surface area contributed by atoms with Crippen LogP contribution >= 0.6 is 0 Å². The van der Waals surface area contributed by atoms with Crippen molar-refractivity contribution < 1.29 is 29.3 Å². The molecule has 0 bridgehead atoms. The second-order valence-electron chi connectivity index (χ2n) is 9.48. The van der Waals surface area contributed by atoms with Crippen LogP contribution in [0.25, 0.3) is 0 Å². The minimum absolute atomic E-state index is 0.00401. The zero-order chi connectivity index (χ0) is 26.6. The average Bonchev–Trinajstić information content (AvgIpc) is 2.90. The molecule has 0 unspecified atom stereocenters. The van der Waals surface area contributed by atoms with E-state index < -0.39 is 12.3 Å². The van der Waals surface area contributed by atoms with Crippen LogP contribution in [0.3, 0.4) is 0 Å². The van der Waals surface area contributed by atoms with Gasteiger partial charge in [0.1, 0.15) is 0 Å². The molecule has 1 aliphatic rings. The van der Waals surface area contributed by atoms with Crippen molar-refractivity contribution in [3.63, 3.8) is 0 Å². The number of unbranched alkanes of at least 4 members (excludes halogenated alkanes) is 1. The van der Waals surface area contributed by atoms with Crippen molar-refractivity contribution in [2.24, 2.45) is 0 Å². The summed E-state index contributed by atoms with van der Waals surface area (Å²) >= 11 is 0. The summed E-state index contributed by atoms with van der Waals surface area (Å²) < 4.78 is 12.7. The number of likely N-dealkylation sites (N-methyl/N-ethyl adjacent to an activating group) is 1. The summed E-state index contributed by atoms with van der Waals surface area (Å²) in [7, 11) is 2.04. The van der Waals surface area contributed by atoms with E-state index in [4.69, 9.17) is 14.6 Å². The fraction of sp³-hybridized carbons (Fsp3) is 0.448. The standard InChI is InChI=1S/C29H38N2O6/c1-3-16-31(2)19-25-17-26(23-12-10-22(20-32)11-13-23)37-29(36-25)24-14-8-21(9-15-24)18-30-27(33)6-4-5-7-28(34)35/h3,8-15,25-26,29,32H,1,4-7,16-20H2,2H3,(H,30,33)(H,34,35)/t25-,26+,29+/m1/s1. The van der Waals surface area contributed by atoms with Crippen molar-refractivity contribution in [2.45, 2.75) is 63.8 Å². The number of carbonyl (C=O) groups is 2. The minimum Gasteiger partial charge on any atom is -0.481 e. The van der Waals surface area contributed by atoms with Gasteiger partial charge in [0.15, 0.2) is 6.29 Å². The Kier molecular flexibility index (Phi) is 11.3. The third kappa shape index (κ3) is 9.40. The van der Waals surface area contributed by atoms with Gasteiger partial charge in [0, 0.05) is 44.5 Å². The maximum Gasteiger partial charge on any atom is 0.303 e. The van der Waals surface area contributed by atoms with Gasteiger partial charge in [-0.05, 0) is 36.6 Å². The van der Waals surface area contributed by atoms with Crippen LogP contribution in [-0.4, -0.2) is 53.2 Å². The topological polar surface area (TPSA) is 108 Å². The largest absolute Gasteiger partial charge is 0.481 e. The number of rotatable bonds is 14. The summed E-state index contributed by atoms with van der Waals surface area (Å²) in [6.45, 7) is 5.73. The second kappa shape index (κ2) is 14.6. The number of amides is 1. The Morgan fingerprint density at radius 3 is 2.32 bits per heavy atom. The number of aliphatic carboxylic acids is 1. The predicted molar refractivity (Wildman–Crippen MR) is 141 cm³/mol. The van der Waals surface area contributed by atoms with E-state index in [1.165, 1.54) is 0 Å². The first kappa shape index (κ1) is 28.5. The molecular formula is C29H38N2O6. The van der Waals surface area contributed by atoms with Crippen molar-refractivity contribution in [3.05, 3.63) is 83.4 Å². The maximum absolute atomic E-state index is 12.0. The number of nitrogens with zero attached hydrogens (tertiary/aromatic N) is 1. The van der Waals surface area contributed by atoms with Crippen LogP contribution < -0.4 is 5.32 Å². The predicted octanol–water partition coefficient (Wildman–Crippen LogP) is 4.10. The van der Waals surface area contributed by atoms with Crippen LogP contribution in [-0.2, 0) is 32.2 Å². The van der Waals surface area contributed by atoms with Gasteiger partial charge in [-0.15, -0.1) is 6.58 Å². The van der Waals surface area contributed by atoms with E-state index in [1.807, 2.05) is 61.7 Å². The van der Waals surface area contributed by atoms with E-state index in [1.54, 1.807) is 0 Å². The van der Waals surface area contributed by atoms with Gasteiger partial charge in [-0.2, -0.15) is 0 Å². The molecule has 0 aliphatic carbocycles. The molecule has 0 aromatic heterocycles. The van der Waals surface area contributed by atoms with Crippen LogP contribution in [0.5, 0.6) is 0 Å². The molecule has 1 amide bonds. The van der Waals surface area contributed by atoms with Crippen LogP contribution in [0.15, 0.2) is 61.2 Å². The smallest absolute Gasteiger partial charge is 0.303 e. The Balaban J connectivity index is 1.62. The molecule has 2 aromatic rings. The third-order valence-corrected chi connectivity index (χ3v) is 6.36. The number of ether oxygens (including phenoxy) is 2. The van der Waals surface area contributed by atoms with Crippen molar-refractivity contribution in [1.82, 2.24) is 10.2 Å². The molecule has 200 valence electrons. The molecular weight excluding hydrogens is 472 g/mol. The third-order valence-electron chi connectivity index (χ3n) is 6.36. The molecule has 8 heteroatoms. The van der Waals surface area contributed by atoms with E-state index in [-0.39, 0.29) is 31.1 Å². The first-order valence-electron chi connectivity index (χ1n) is 12.7. The molecule has 3 rings (SSSR count). The molecule has 2 aromatic carbocycles. The number of carbonyl (C=O) groups excluding carboxylic acids is 1. The van der Waals surface area contributed by atoms with Crippen molar-refractivity contribution in [1.29, 1.82) is 0 Å². The van der Waals surface area contributed by atoms with Gasteiger partial charge in [0.2, 0.25) is 5.91 Å². The van der Waals surface area contributed by atoms with E-state index in [0.717, 1.165) is 35.3 Å². The maximum atomic E-state index is 12.0. The molecule has 0 spiro atoms. The van der Waals surface area contributed by atoms with Crippen molar-refractivity contribution >= 4 is 11.9 Å². The lowest BCUT2D eigenvalue weighted by atomic mass is 9.99. The molecule has 1 heterocycles. The SMILES string of the molecule is C=CCN(C)C[C@H]1C[C@@H](c2ccc(CO)cc2)O[C@@H](c2ccc(CNC(=O)CCCCC(=O)O)cc2)O1. The molecule has 0 saturated carbocycles.